The molecule has 3 aliphatic rings. The summed E-state index contributed by atoms with van der Waals surface area (Å²) in [6.07, 6.45) is 1.28. The van der Waals surface area contributed by atoms with Crippen LogP contribution in [-0.4, -0.2) is 19.9 Å². The van der Waals surface area contributed by atoms with Gasteiger partial charge in [0.15, 0.2) is 11.6 Å². The average Bonchev–Trinajstić information content (AvgIpc) is 2.96. The third kappa shape index (κ3) is 2.85. The Hall–Kier alpha value is -4.02. The van der Waals surface area contributed by atoms with Gasteiger partial charge in [0.05, 0.1) is 11.7 Å². The van der Waals surface area contributed by atoms with E-state index in [0.29, 0.717) is 24.0 Å². The number of fused-ring (bicyclic) bond motifs is 5. The van der Waals surface area contributed by atoms with Crippen molar-refractivity contribution < 1.29 is 14.0 Å². The lowest BCUT2D eigenvalue weighted by Gasteiger charge is -2.45. The zero-order valence-corrected chi connectivity index (χ0v) is 20.7. The molecule has 2 unspecified atom stereocenters. The Morgan fingerprint density at radius 2 is 1.14 bits per heavy atom. The van der Waals surface area contributed by atoms with Crippen LogP contribution >= 0.6 is 0 Å². The van der Waals surface area contributed by atoms with Crippen LogP contribution in [0.4, 0.5) is 0 Å². The topological polar surface area (TPSA) is 43.4 Å². The van der Waals surface area contributed by atoms with Crippen LogP contribution in [0.25, 0.3) is 5.57 Å². The van der Waals surface area contributed by atoms with Gasteiger partial charge < -0.3 is 4.43 Å². The minimum Gasteiger partial charge on any atom is -0.533 e. The van der Waals surface area contributed by atoms with Crippen LogP contribution < -0.4 is 15.6 Å². The van der Waals surface area contributed by atoms with Crippen LogP contribution in [0, 0.1) is 11.8 Å². The summed E-state index contributed by atoms with van der Waals surface area (Å²) in [6.45, 7) is 0. The smallest absolute Gasteiger partial charge is 0.347 e. The van der Waals surface area contributed by atoms with Gasteiger partial charge in [-0.2, -0.15) is 0 Å². The number of carbonyl (C=O) groups is 2. The van der Waals surface area contributed by atoms with Crippen LogP contribution in [0.2, 0.25) is 0 Å². The number of carbonyl (C=O) groups excluding carboxylic acids is 2. The first-order valence-corrected chi connectivity index (χ1v) is 14.4. The molecular weight excluding hydrogens is 460 g/mol. The molecule has 174 valence electrons. The number of ketones is 2. The Kier molecular flexibility index (Phi) is 4.73. The molecular formula is C32H24O3Si. The second kappa shape index (κ2) is 8.00. The van der Waals surface area contributed by atoms with Crippen molar-refractivity contribution in [1.82, 2.24) is 0 Å². The summed E-state index contributed by atoms with van der Waals surface area (Å²) >= 11 is 0. The van der Waals surface area contributed by atoms with Crippen molar-refractivity contribution in [2.75, 3.05) is 0 Å². The highest BCUT2D eigenvalue weighted by atomic mass is 28.4. The van der Waals surface area contributed by atoms with Crippen LogP contribution in [-0.2, 0) is 4.43 Å². The van der Waals surface area contributed by atoms with Gasteiger partial charge in [0.25, 0.3) is 0 Å². The zero-order chi connectivity index (χ0) is 24.3. The summed E-state index contributed by atoms with van der Waals surface area (Å²) < 4.78 is 7.25. The van der Waals surface area contributed by atoms with Crippen LogP contribution in [0.3, 0.4) is 0 Å². The molecule has 4 aromatic rings. The third-order valence-corrected chi connectivity index (χ3v) is 12.0. The van der Waals surface area contributed by atoms with Crippen molar-refractivity contribution in [2.45, 2.75) is 12.8 Å². The minimum absolute atomic E-state index is 0.0365. The zero-order valence-electron chi connectivity index (χ0n) is 19.7. The van der Waals surface area contributed by atoms with Crippen molar-refractivity contribution in [1.29, 1.82) is 0 Å². The molecule has 3 nitrogen and oxygen atoms in total. The van der Waals surface area contributed by atoms with E-state index in [9.17, 15) is 9.59 Å². The maximum atomic E-state index is 13.9. The predicted molar refractivity (Wildman–Crippen MR) is 143 cm³/mol. The molecule has 2 aliphatic carbocycles. The monoisotopic (exact) mass is 484 g/mol. The summed E-state index contributed by atoms with van der Waals surface area (Å²) in [6, 6.07) is 36.7. The standard InChI is InChI=1S/C32H24O3Si/c33-31-23-15-7-8-16-24(23)32(34)30-26(31)19-20-27-29(30)25-17-9-10-18-28(25)36(35-27,21-11-3-1-4-12-21)22-13-5-2-6-14-22/h1-18,26,30H,19-20H2. The van der Waals surface area contributed by atoms with Gasteiger partial charge in [-0.25, -0.2) is 0 Å². The van der Waals surface area contributed by atoms with E-state index in [1.54, 1.807) is 12.1 Å². The van der Waals surface area contributed by atoms with E-state index in [4.69, 9.17) is 4.43 Å². The molecule has 0 spiro atoms. The Morgan fingerprint density at radius 3 is 1.78 bits per heavy atom. The number of hydrogen-bond acceptors (Lipinski definition) is 3. The molecule has 4 aromatic carbocycles. The summed E-state index contributed by atoms with van der Waals surface area (Å²) in [7, 11) is -2.89. The Labute approximate surface area is 211 Å². The van der Waals surface area contributed by atoms with E-state index in [0.717, 1.165) is 22.1 Å². The van der Waals surface area contributed by atoms with Crippen molar-refractivity contribution in [3.8, 4) is 0 Å². The van der Waals surface area contributed by atoms with Gasteiger partial charge in [-0.1, -0.05) is 109 Å². The molecule has 0 fully saturated rings. The lowest BCUT2D eigenvalue weighted by Crippen LogP contribution is -2.71. The lowest BCUT2D eigenvalue weighted by molar-refractivity contribution is 0.0754. The molecule has 0 radical (unpaired) electrons. The molecule has 0 aromatic heterocycles. The predicted octanol–water partition coefficient (Wildman–Crippen LogP) is 4.50. The summed E-state index contributed by atoms with van der Waals surface area (Å²) in [5.41, 5.74) is 3.09. The minimum atomic E-state index is -2.89. The van der Waals surface area contributed by atoms with E-state index < -0.39 is 14.2 Å². The summed E-state index contributed by atoms with van der Waals surface area (Å²) in [5, 5.41) is 3.49. The first-order chi connectivity index (χ1) is 17.7. The van der Waals surface area contributed by atoms with Crippen LogP contribution in [0.1, 0.15) is 39.1 Å². The largest absolute Gasteiger partial charge is 0.533 e. The maximum Gasteiger partial charge on any atom is 0.347 e. The SMILES string of the molecule is O=C1c2ccccc2C(=O)C2C3=C(CCC12)O[Si](c1ccccc1)(c1ccccc1)c1ccccc13. The number of hydrogen-bond donors (Lipinski definition) is 0. The van der Waals surface area contributed by atoms with E-state index in [2.05, 4.69) is 66.7 Å². The van der Waals surface area contributed by atoms with Gasteiger partial charge in [0.2, 0.25) is 0 Å². The van der Waals surface area contributed by atoms with Gasteiger partial charge in [-0.15, -0.1) is 0 Å². The summed E-state index contributed by atoms with van der Waals surface area (Å²) in [5.74, 6) is 0.157. The van der Waals surface area contributed by atoms with E-state index >= 15 is 0 Å². The molecule has 7 rings (SSSR count). The number of benzene rings is 4. The molecule has 2 atom stereocenters. The van der Waals surface area contributed by atoms with Gasteiger partial charge in [-0.3, -0.25) is 9.59 Å². The first kappa shape index (κ1) is 21.3. The van der Waals surface area contributed by atoms with E-state index in [-0.39, 0.29) is 17.5 Å². The quantitative estimate of drug-likeness (QED) is 0.394. The third-order valence-electron chi connectivity index (χ3n) is 8.01. The van der Waals surface area contributed by atoms with Crippen LogP contribution in [0.15, 0.2) is 115 Å². The molecule has 1 heterocycles. The number of allylic oxidation sites excluding steroid dienone is 2. The molecule has 1 aliphatic heterocycles. The Bertz CT molecular complexity index is 1520. The average molecular weight is 485 g/mol. The molecule has 0 N–H and O–H groups in total. The number of Topliss-reactive ketones (excluding diaryl/α,β-unsaturated/α-hetero) is 2. The molecule has 0 bridgehead atoms. The normalized spacial score (nSPS) is 21.6. The maximum absolute atomic E-state index is 13.9. The molecule has 0 amide bonds. The van der Waals surface area contributed by atoms with Crippen molar-refractivity contribution >= 4 is 41.0 Å². The Balaban J connectivity index is 1.50. The van der Waals surface area contributed by atoms with Gasteiger partial charge in [0.1, 0.15) is 0 Å². The van der Waals surface area contributed by atoms with Gasteiger partial charge in [-0.05, 0) is 27.5 Å². The highest BCUT2D eigenvalue weighted by Gasteiger charge is 2.54. The second-order valence-electron chi connectivity index (χ2n) is 9.79. The van der Waals surface area contributed by atoms with Gasteiger partial charge >= 0.3 is 8.32 Å². The fourth-order valence-electron chi connectivity index (χ4n) is 6.47. The highest BCUT2D eigenvalue weighted by Crippen LogP contribution is 2.48. The molecule has 0 saturated heterocycles. The fourth-order valence-corrected chi connectivity index (χ4v) is 10.6. The van der Waals surface area contributed by atoms with Crippen LogP contribution in [0.5, 0.6) is 0 Å². The molecule has 36 heavy (non-hydrogen) atoms. The lowest BCUT2D eigenvalue weighted by atomic mass is 9.65. The number of rotatable bonds is 2. The van der Waals surface area contributed by atoms with Crippen molar-refractivity contribution in [2.24, 2.45) is 11.8 Å². The van der Waals surface area contributed by atoms with Crippen molar-refractivity contribution in [3.05, 3.63) is 132 Å². The fraction of sp³-hybridized carbons (Fsp3) is 0.125. The van der Waals surface area contributed by atoms with E-state index in [1.807, 2.05) is 30.3 Å². The van der Waals surface area contributed by atoms with Crippen molar-refractivity contribution in [3.63, 3.8) is 0 Å². The molecule has 4 heteroatoms. The van der Waals surface area contributed by atoms with E-state index in [1.165, 1.54) is 10.4 Å². The van der Waals surface area contributed by atoms with Gasteiger partial charge in [0, 0.05) is 29.0 Å². The highest BCUT2D eigenvalue weighted by molar-refractivity contribution is 7.07. The first-order valence-electron chi connectivity index (χ1n) is 12.5. The Morgan fingerprint density at radius 1 is 0.611 bits per heavy atom. The molecule has 0 saturated carbocycles. The second-order valence-corrected chi connectivity index (χ2v) is 13.1. The summed E-state index contributed by atoms with van der Waals surface area (Å²) in [4.78, 5) is 27.5.